The number of nitrogens with zero attached hydrogens (tertiary/aromatic N) is 3. The van der Waals surface area contributed by atoms with Crippen LogP contribution in [0.3, 0.4) is 0 Å². The summed E-state index contributed by atoms with van der Waals surface area (Å²) in [6.45, 7) is 3.99. The smallest absolute Gasteiger partial charge is 0.267 e. The Bertz CT molecular complexity index is 1060. The molecule has 3 aromatic rings. The number of hydrogen-bond donors (Lipinski definition) is 1. The Morgan fingerprint density at radius 2 is 1.81 bits per heavy atom. The molecular formula is C19H17BrN4O2. The van der Waals surface area contributed by atoms with Crippen LogP contribution in [0.4, 0.5) is 0 Å². The van der Waals surface area contributed by atoms with E-state index in [0.717, 1.165) is 10.0 Å². The molecule has 2 aromatic carbocycles. The molecule has 0 saturated heterocycles. The van der Waals surface area contributed by atoms with Gasteiger partial charge in [0.25, 0.3) is 11.5 Å². The third kappa shape index (κ3) is 3.57. The molecule has 0 radical (unpaired) electrons. The molecule has 1 amide bonds. The molecule has 26 heavy (non-hydrogen) atoms. The van der Waals surface area contributed by atoms with Crippen molar-refractivity contribution in [2.24, 2.45) is 5.10 Å². The van der Waals surface area contributed by atoms with E-state index in [1.165, 1.54) is 4.68 Å². The van der Waals surface area contributed by atoms with Crippen molar-refractivity contribution in [1.82, 2.24) is 15.2 Å². The van der Waals surface area contributed by atoms with Crippen LogP contribution in [0.15, 0.2) is 62.9 Å². The van der Waals surface area contributed by atoms with Gasteiger partial charge in [-0.1, -0.05) is 46.3 Å². The minimum Gasteiger partial charge on any atom is -0.267 e. The van der Waals surface area contributed by atoms with Crippen molar-refractivity contribution in [3.05, 3.63) is 74.6 Å². The van der Waals surface area contributed by atoms with Crippen LogP contribution in [0.5, 0.6) is 0 Å². The molecule has 0 aliphatic carbocycles. The summed E-state index contributed by atoms with van der Waals surface area (Å²) in [5.74, 6) is -0.458. The molecule has 132 valence electrons. The van der Waals surface area contributed by atoms with Crippen LogP contribution in [0.25, 0.3) is 10.8 Å². The van der Waals surface area contributed by atoms with Crippen molar-refractivity contribution in [2.75, 3.05) is 0 Å². The van der Waals surface area contributed by atoms with Gasteiger partial charge in [-0.2, -0.15) is 10.2 Å². The molecule has 0 spiro atoms. The van der Waals surface area contributed by atoms with E-state index in [1.54, 1.807) is 31.2 Å². The van der Waals surface area contributed by atoms with Gasteiger partial charge >= 0.3 is 0 Å². The number of aromatic nitrogens is 2. The van der Waals surface area contributed by atoms with E-state index in [1.807, 2.05) is 31.2 Å². The second-order valence-electron chi connectivity index (χ2n) is 5.66. The number of rotatable bonds is 4. The predicted molar refractivity (Wildman–Crippen MR) is 105 cm³/mol. The van der Waals surface area contributed by atoms with E-state index in [-0.39, 0.29) is 11.3 Å². The summed E-state index contributed by atoms with van der Waals surface area (Å²) in [7, 11) is 0. The van der Waals surface area contributed by atoms with E-state index in [2.05, 4.69) is 31.6 Å². The van der Waals surface area contributed by atoms with Crippen LogP contribution in [0, 0.1) is 0 Å². The van der Waals surface area contributed by atoms with Crippen molar-refractivity contribution in [2.45, 2.75) is 20.4 Å². The maximum absolute atomic E-state index is 12.6. The number of carbonyl (C=O) groups excluding carboxylic acids is 1. The fourth-order valence-electron chi connectivity index (χ4n) is 2.56. The summed E-state index contributed by atoms with van der Waals surface area (Å²) in [4.78, 5) is 25.0. The van der Waals surface area contributed by atoms with Gasteiger partial charge in [0.15, 0.2) is 5.69 Å². The van der Waals surface area contributed by atoms with E-state index in [4.69, 9.17) is 0 Å². The Labute approximate surface area is 158 Å². The minimum absolute atomic E-state index is 0.175. The average molecular weight is 413 g/mol. The van der Waals surface area contributed by atoms with Gasteiger partial charge in [-0.3, -0.25) is 9.59 Å². The number of nitrogens with one attached hydrogen (secondary N) is 1. The SMILES string of the molecule is CCn1nc(C(=O)N/N=C(\C)c2ccc(Br)cc2)c2ccccc2c1=O. The number of hydrazone groups is 1. The lowest BCUT2D eigenvalue weighted by molar-refractivity contribution is 0.0949. The topological polar surface area (TPSA) is 76.3 Å². The number of hydrogen-bond acceptors (Lipinski definition) is 4. The lowest BCUT2D eigenvalue weighted by Crippen LogP contribution is -2.28. The third-order valence-corrected chi connectivity index (χ3v) is 4.50. The van der Waals surface area contributed by atoms with Gasteiger partial charge in [0, 0.05) is 16.4 Å². The largest absolute Gasteiger partial charge is 0.292 e. The molecule has 7 heteroatoms. The van der Waals surface area contributed by atoms with Gasteiger partial charge in [0.1, 0.15) is 0 Å². The van der Waals surface area contributed by atoms with Crippen LogP contribution in [0.1, 0.15) is 29.9 Å². The van der Waals surface area contributed by atoms with E-state index < -0.39 is 5.91 Å². The van der Waals surface area contributed by atoms with Crippen molar-refractivity contribution in [3.8, 4) is 0 Å². The second kappa shape index (κ2) is 7.61. The molecule has 0 fully saturated rings. The Kier molecular flexibility index (Phi) is 5.27. The number of carbonyl (C=O) groups is 1. The predicted octanol–water partition coefficient (Wildman–Crippen LogP) is 3.33. The minimum atomic E-state index is -0.458. The molecule has 0 atom stereocenters. The fourth-order valence-corrected chi connectivity index (χ4v) is 2.82. The van der Waals surface area contributed by atoms with E-state index in [0.29, 0.717) is 23.0 Å². The van der Waals surface area contributed by atoms with Crippen LogP contribution < -0.4 is 11.0 Å². The second-order valence-corrected chi connectivity index (χ2v) is 6.58. The highest BCUT2D eigenvalue weighted by molar-refractivity contribution is 9.10. The Hall–Kier alpha value is -2.80. The normalized spacial score (nSPS) is 11.6. The van der Waals surface area contributed by atoms with Gasteiger partial charge in [0.05, 0.1) is 11.1 Å². The first-order chi connectivity index (χ1) is 12.5. The standard InChI is InChI=1S/C19H17BrN4O2/c1-3-24-19(26)16-7-5-4-6-15(16)17(23-24)18(25)22-21-12(2)13-8-10-14(20)11-9-13/h4-11H,3H2,1-2H3,(H,22,25)/b21-12+. The quantitative estimate of drug-likeness (QED) is 0.527. The Morgan fingerprint density at radius 1 is 1.15 bits per heavy atom. The van der Waals surface area contributed by atoms with Gasteiger partial charge in [0.2, 0.25) is 0 Å². The van der Waals surface area contributed by atoms with Gasteiger partial charge in [-0.05, 0) is 37.6 Å². The van der Waals surface area contributed by atoms with E-state index >= 15 is 0 Å². The maximum atomic E-state index is 12.6. The Balaban J connectivity index is 1.95. The molecule has 1 aromatic heterocycles. The van der Waals surface area contributed by atoms with Gasteiger partial charge < -0.3 is 0 Å². The summed E-state index contributed by atoms with van der Waals surface area (Å²) >= 11 is 3.38. The summed E-state index contributed by atoms with van der Waals surface area (Å²) in [5.41, 5.74) is 4.05. The van der Waals surface area contributed by atoms with Crippen molar-refractivity contribution < 1.29 is 4.79 Å². The summed E-state index contributed by atoms with van der Waals surface area (Å²) in [5, 5.41) is 9.33. The molecule has 3 rings (SSSR count). The summed E-state index contributed by atoms with van der Waals surface area (Å²) in [6.07, 6.45) is 0. The first-order valence-electron chi connectivity index (χ1n) is 8.11. The molecule has 0 saturated carbocycles. The highest BCUT2D eigenvalue weighted by Crippen LogP contribution is 2.14. The monoisotopic (exact) mass is 412 g/mol. The fraction of sp³-hybridized carbons (Fsp3) is 0.158. The zero-order valence-electron chi connectivity index (χ0n) is 14.4. The molecule has 0 aliphatic rings. The lowest BCUT2D eigenvalue weighted by atomic mass is 10.1. The Morgan fingerprint density at radius 3 is 2.46 bits per heavy atom. The first kappa shape index (κ1) is 18.0. The molecule has 0 unspecified atom stereocenters. The highest BCUT2D eigenvalue weighted by Gasteiger charge is 2.16. The van der Waals surface area contributed by atoms with Crippen LogP contribution in [-0.2, 0) is 6.54 Å². The zero-order valence-corrected chi connectivity index (χ0v) is 15.9. The number of halogens is 1. The summed E-state index contributed by atoms with van der Waals surface area (Å²) < 4.78 is 2.25. The molecule has 6 nitrogen and oxygen atoms in total. The van der Waals surface area contributed by atoms with Gasteiger partial charge in [-0.25, -0.2) is 10.1 Å². The lowest BCUT2D eigenvalue weighted by Gasteiger charge is -2.09. The maximum Gasteiger partial charge on any atom is 0.292 e. The third-order valence-electron chi connectivity index (χ3n) is 3.97. The van der Waals surface area contributed by atoms with Crippen LogP contribution in [0.2, 0.25) is 0 Å². The number of amides is 1. The molecule has 1 N–H and O–H groups in total. The van der Waals surface area contributed by atoms with Gasteiger partial charge in [-0.15, -0.1) is 0 Å². The molecule has 0 aliphatic heterocycles. The summed E-state index contributed by atoms with van der Waals surface area (Å²) in [6, 6.07) is 14.6. The van der Waals surface area contributed by atoms with Crippen LogP contribution in [-0.4, -0.2) is 21.4 Å². The van der Waals surface area contributed by atoms with Crippen molar-refractivity contribution >= 4 is 38.3 Å². The molecular weight excluding hydrogens is 396 g/mol. The molecule has 1 heterocycles. The number of aryl methyl sites for hydroxylation is 1. The highest BCUT2D eigenvalue weighted by atomic mass is 79.9. The zero-order chi connectivity index (χ0) is 18.7. The molecule has 0 bridgehead atoms. The van der Waals surface area contributed by atoms with Crippen molar-refractivity contribution in [1.29, 1.82) is 0 Å². The van der Waals surface area contributed by atoms with Crippen LogP contribution >= 0.6 is 15.9 Å². The number of benzene rings is 2. The average Bonchev–Trinajstić information content (AvgIpc) is 2.67. The number of fused-ring (bicyclic) bond motifs is 1. The van der Waals surface area contributed by atoms with Crippen molar-refractivity contribution in [3.63, 3.8) is 0 Å². The van der Waals surface area contributed by atoms with E-state index in [9.17, 15) is 9.59 Å². The first-order valence-corrected chi connectivity index (χ1v) is 8.91.